The van der Waals surface area contributed by atoms with Gasteiger partial charge in [-0.05, 0) is 45.3 Å². The van der Waals surface area contributed by atoms with Crippen LogP contribution in [0.4, 0.5) is 9.59 Å². The first-order valence-electron chi connectivity index (χ1n) is 11.7. The first-order chi connectivity index (χ1) is 16.2. The van der Waals surface area contributed by atoms with Crippen molar-refractivity contribution < 1.29 is 28.6 Å². The number of benzene rings is 1. The monoisotopic (exact) mass is 473 g/mol. The highest BCUT2D eigenvalue weighted by Gasteiger charge is 2.28. The summed E-state index contributed by atoms with van der Waals surface area (Å²) in [6, 6.07) is 9.48. The molecule has 2 heterocycles. The van der Waals surface area contributed by atoms with Gasteiger partial charge in [-0.25, -0.2) is 9.59 Å². The number of piperidine rings is 1. The minimum atomic E-state index is -0.559. The Bertz CT molecular complexity index is 859. The number of morpholine rings is 1. The van der Waals surface area contributed by atoms with E-state index in [9.17, 15) is 14.4 Å². The second kappa shape index (κ2) is 11.9. The molecular formula is C25H35N3O6. The Kier molecular flexibility index (Phi) is 8.92. The SMILES string of the molecule is CC(C)(C)OC(=O)N1CCOC(/C=C/C(=O)N2CCC(NC(=O)OCc3ccccc3)CC2)C1. The van der Waals surface area contributed by atoms with Crippen molar-refractivity contribution in [3.8, 4) is 0 Å². The van der Waals surface area contributed by atoms with Crippen molar-refractivity contribution >= 4 is 18.1 Å². The minimum Gasteiger partial charge on any atom is -0.445 e. The standard InChI is InChI=1S/C25H35N3O6/c1-25(2,3)34-24(31)28-15-16-32-21(17-28)9-10-22(29)27-13-11-20(12-14-27)26-23(30)33-18-19-7-5-4-6-8-19/h4-10,20-21H,11-18H2,1-3H3,(H,26,30)/b10-9+. The van der Waals surface area contributed by atoms with E-state index in [1.165, 1.54) is 6.08 Å². The van der Waals surface area contributed by atoms with Crippen LogP contribution in [0.3, 0.4) is 0 Å². The predicted octanol–water partition coefficient (Wildman–Crippen LogP) is 3.10. The lowest BCUT2D eigenvalue weighted by Gasteiger charge is -2.33. The molecule has 1 aromatic carbocycles. The molecule has 2 aliphatic rings. The summed E-state index contributed by atoms with van der Waals surface area (Å²) < 4.78 is 16.4. The third-order valence-corrected chi connectivity index (χ3v) is 5.54. The van der Waals surface area contributed by atoms with Crippen LogP contribution in [0.25, 0.3) is 0 Å². The van der Waals surface area contributed by atoms with Gasteiger partial charge in [-0.2, -0.15) is 0 Å². The van der Waals surface area contributed by atoms with Crippen LogP contribution < -0.4 is 5.32 Å². The van der Waals surface area contributed by atoms with E-state index < -0.39 is 11.7 Å². The van der Waals surface area contributed by atoms with E-state index in [4.69, 9.17) is 14.2 Å². The molecule has 9 heteroatoms. The number of carbonyl (C=O) groups excluding carboxylic acids is 3. The van der Waals surface area contributed by atoms with Gasteiger partial charge in [-0.3, -0.25) is 4.79 Å². The lowest BCUT2D eigenvalue weighted by molar-refractivity contribution is -0.127. The van der Waals surface area contributed by atoms with Crippen molar-refractivity contribution in [3.05, 3.63) is 48.0 Å². The number of nitrogens with one attached hydrogen (secondary N) is 1. The average Bonchev–Trinajstić information content (AvgIpc) is 2.81. The van der Waals surface area contributed by atoms with Gasteiger partial charge in [0.2, 0.25) is 5.91 Å². The van der Waals surface area contributed by atoms with Crippen LogP contribution in [0.2, 0.25) is 0 Å². The Hall–Kier alpha value is -3.07. The largest absolute Gasteiger partial charge is 0.445 e. The van der Waals surface area contributed by atoms with Crippen LogP contribution in [0.15, 0.2) is 42.5 Å². The molecule has 2 saturated heterocycles. The number of hydrogen-bond donors (Lipinski definition) is 1. The van der Waals surface area contributed by atoms with Crippen LogP contribution in [0.5, 0.6) is 0 Å². The van der Waals surface area contributed by atoms with Crippen molar-refractivity contribution in [2.45, 2.75) is 58.0 Å². The van der Waals surface area contributed by atoms with E-state index in [-0.39, 0.29) is 30.8 Å². The molecule has 2 fully saturated rings. The van der Waals surface area contributed by atoms with Gasteiger partial charge < -0.3 is 29.3 Å². The van der Waals surface area contributed by atoms with Gasteiger partial charge in [-0.15, -0.1) is 0 Å². The van der Waals surface area contributed by atoms with Crippen molar-refractivity contribution in [3.63, 3.8) is 0 Å². The average molecular weight is 474 g/mol. The third kappa shape index (κ3) is 8.37. The van der Waals surface area contributed by atoms with Gasteiger partial charge in [0.25, 0.3) is 0 Å². The predicted molar refractivity (Wildman–Crippen MR) is 126 cm³/mol. The molecule has 186 valence electrons. The van der Waals surface area contributed by atoms with E-state index in [0.29, 0.717) is 45.6 Å². The molecule has 0 spiro atoms. The highest BCUT2D eigenvalue weighted by molar-refractivity contribution is 5.87. The molecule has 3 rings (SSSR count). The molecule has 34 heavy (non-hydrogen) atoms. The summed E-state index contributed by atoms with van der Waals surface area (Å²) in [5, 5.41) is 2.88. The summed E-state index contributed by atoms with van der Waals surface area (Å²) in [7, 11) is 0. The molecule has 2 aliphatic heterocycles. The number of ether oxygens (including phenoxy) is 3. The minimum absolute atomic E-state index is 0.0274. The first kappa shape index (κ1) is 25.6. The number of nitrogens with zero attached hydrogens (tertiary/aromatic N) is 2. The summed E-state index contributed by atoms with van der Waals surface area (Å²) >= 11 is 0. The fourth-order valence-corrected chi connectivity index (χ4v) is 3.75. The first-order valence-corrected chi connectivity index (χ1v) is 11.7. The molecule has 9 nitrogen and oxygen atoms in total. The zero-order valence-electron chi connectivity index (χ0n) is 20.2. The number of rotatable bonds is 5. The van der Waals surface area contributed by atoms with Crippen molar-refractivity contribution in [1.82, 2.24) is 15.1 Å². The normalized spacial score (nSPS) is 19.7. The van der Waals surface area contributed by atoms with E-state index in [1.54, 1.807) is 15.9 Å². The van der Waals surface area contributed by atoms with Crippen LogP contribution >= 0.6 is 0 Å². The Balaban J connectivity index is 1.37. The zero-order valence-corrected chi connectivity index (χ0v) is 20.2. The summed E-state index contributed by atoms with van der Waals surface area (Å²) in [6.07, 6.45) is 3.34. The molecule has 0 bridgehead atoms. The second-order valence-corrected chi connectivity index (χ2v) is 9.50. The van der Waals surface area contributed by atoms with E-state index in [2.05, 4.69) is 5.32 Å². The Labute approximate surface area is 201 Å². The van der Waals surface area contributed by atoms with E-state index in [0.717, 1.165) is 5.56 Å². The topological polar surface area (TPSA) is 97.4 Å². The molecular weight excluding hydrogens is 438 g/mol. The van der Waals surface area contributed by atoms with Crippen LogP contribution in [-0.2, 0) is 25.6 Å². The Morgan fingerprint density at radius 2 is 1.79 bits per heavy atom. The highest BCUT2D eigenvalue weighted by Crippen LogP contribution is 2.15. The summed E-state index contributed by atoms with van der Waals surface area (Å²) in [5.41, 5.74) is 0.372. The number of amides is 3. The molecule has 1 aromatic rings. The highest BCUT2D eigenvalue weighted by atomic mass is 16.6. The van der Waals surface area contributed by atoms with Gasteiger partial charge in [0.15, 0.2) is 0 Å². The van der Waals surface area contributed by atoms with Crippen LogP contribution in [0.1, 0.15) is 39.2 Å². The van der Waals surface area contributed by atoms with Gasteiger partial charge in [0, 0.05) is 31.8 Å². The smallest absolute Gasteiger partial charge is 0.410 e. The molecule has 0 aliphatic carbocycles. The molecule has 1 N–H and O–H groups in total. The van der Waals surface area contributed by atoms with Crippen LogP contribution in [0, 0.1) is 0 Å². The third-order valence-electron chi connectivity index (χ3n) is 5.54. The molecule has 1 unspecified atom stereocenters. The Morgan fingerprint density at radius 1 is 1.09 bits per heavy atom. The quantitative estimate of drug-likeness (QED) is 0.660. The van der Waals surface area contributed by atoms with Gasteiger partial charge in [0.05, 0.1) is 19.3 Å². The van der Waals surface area contributed by atoms with Crippen molar-refractivity contribution in [1.29, 1.82) is 0 Å². The van der Waals surface area contributed by atoms with Gasteiger partial charge >= 0.3 is 12.2 Å². The number of alkyl carbamates (subject to hydrolysis) is 1. The fourth-order valence-electron chi connectivity index (χ4n) is 3.75. The summed E-state index contributed by atoms with van der Waals surface area (Å²) in [6.45, 7) is 7.99. The molecule has 1 atom stereocenters. The maximum atomic E-state index is 12.6. The van der Waals surface area contributed by atoms with E-state index in [1.807, 2.05) is 51.1 Å². The lowest BCUT2D eigenvalue weighted by atomic mass is 10.1. The number of hydrogen-bond acceptors (Lipinski definition) is 6. The second-order valence-electron chi connectivity index (χ2n) is 9.50. The maximum absolute atomic E-state index is 12.6. The van der Waals surface area contributed by atoms with Gasteiger partial charge in [0.1, 0.15) is 12.2 Å². The Morgan fingerprint density at radius 3 is 2.47 bits per heavy atom. The van der Waals surface area contributed by atoms with Crippen molar-refractivity contribution in [2.24, 2.45) is 0 Å². The maximum Gasteiger partial charge on any atom is 0.410 e. The fraction of sp³-hybridized carbons (Fsp3) is 0.560. The summed E-state index contributed by atoms with van der Waals surface area (Å²) in [4.78, 5) is 40.3. The van der Waals surface area contributed by atoms with Gasteiger partial charge in [-0.1, -0.05) is 30.3 Å². The number of carbonyl (C=O) groups is 3. The summed E-state index contributed by atoms with van der Waals surface area (Å²) in [5.74, 6) is -0.108. The lowest BCUT2D eigenvalue weighted by Crippen LogP contribution is -2.47. The molecule has 0 radical (unpaired) electrons. The molecule has 0 saturated carbocycles. The molecule has 0 aromatic heterocycles. The number of likely N-dealkylation sites (tertiary alicyclic amines) is 1. The molecule has 3 amide bonds. The van der Waals surface area contributed by atoms with Crippen LogP contribution in [-0.4, -0.2) is 78.4 Å². The zero-order chi connectivity index (χ0) is 24.6. The van der Waals surface area contributed by atoms with E-state index >= 15 is 0 Å². The van der Waals surface area contributed by atoms with Crippen molar-refractivity contribution in [2.75, 3.05) is 32.8 Å².